The van der Waals surface area contributed by atoms with Crippen molar-refractivity contribution in [1.82, 2.24) is 9.88 Å². The molecular formula is C22H27Cl2N3O. The minimum absolute atomic E-state index is 0.149. The highest BCUT2D eigenvalue weighted by molar-refractivity contribution is 6.36. The van der Waals surface area contributed by atoms with E-state index in [0.717, 1.165) is 25.3 Å². The lowest BCUT2D eigenvalue weighted by Gasteiger charge is -2.35. The third kappa shape index (κ3) is 5.18. The van der Waals surface area contributed by atoms with E-state index in [0.29, 0.717) is 29.6 Å². The number of carbonyl (C=O) groups is 1. The van der Waals surface area contributed by atoms with Crippen molar-refractivity contribution in [2.24, 2.45) is 0 Å². The van der Waals surface area contributed by atoms with E-state index in [2.05, 4.69) is 54.9 Å². The Morgan fingerprint density at radius 1 is 1.07 bits per heavy atom. The summed E-state index contributed by atoms with van der Waals surface area (Å²) >= 11 is 12.2. The fourth-order valence-electron chi connectivity index (χ4n) is 3.39. The quantitative estimate of drug-likeness (QED) is 0.701. The topological polar surface area (TPSA) is 36.4 Å². The van der Waals surface area contributed by atoms with Crippen LogP contribution in [0.4, 0.5) is 5.82 Å². The van der Waals surface area contributed by atoms with Gasteiger partial charge in [-0.1, -0.05) is 68.2 Å². The molecule has 2 heterocycles. The summed E-state index contributed by atoms with van der Waals surface area (Å²) in [4.78, 5) is 21.0. The summed E-state index contributed by atoms with van der Waals surface area (Å²) in [6.07, 6.45) is 2.91. The van der Waals surface area contributed by atoms with Crippen LogP contribution in [0.1, 0.15) is 38.3 Å². The number of carbonyl (C=O) groups excluding carboxylic acids is 1. The molecule has 1 saturated heterocycles. The third-order valence-corrected chi connectivity index (χ3v) is 5.65. The molecule has 0 spiro atoms. The second-order valence-corrected chi connectivity index (χ2v) is 9.12. The molecule has 1 aromatic carbocycles. The van der Waals surface area contributed by atoms with E-state index in [9.17, 15) is 4.79 Å². The molecule has 1 fully saturated rings. The van der Waals surface area contributed by atoms with Gasteiger partial charge in [0.1, 0.15) is 5.82 Å². The minimum atomic E-state index is 0.149. The third-order valence-electron chi connectivity index (χ3n) is 5.17. The molecule has 1 amide bonds. The van der Waals surface area contributed by atoms with Crippen molar-refractivity contribution in [3.05, 3.63) is 57.7 Å². The number of halogens is 2. The normalized spacial score (nSPS) is 15.0. The molecule has 0 atom stereocenters. The van der Waals surface area contributed by atoms with E-state index < -0.39 is 0 Å². The van der Waals surface area contributed by atoms with E-state index in [-0.39, 0.29) is 11.3 Å². The monoisotopic (exact) mass is 419 g/mol. The fourth-order valence-corrected chi connectivity index (χ4v) is 3.89. The van der Waals surface area contributed by atoms with Crippen molar-refractivity contribution in [1.29, 1.82) is 0 Å². The lowest BCUT2D eigenvalue weighted by Crippen LogP contribution is -2.49. The molecule has 4 nitrogen and oxygen atoms in total. The van der Waals surface area contributed by atoms with E-state index in [1.165, 1.54) is 11.1 Å². The molecule has 0 saturated carbocycles. The average molecular weight is 420 g/mol. The second kappa shape index (κ2) is 8.71. The Morgan fingerprint density at radius 3 is 2.29 bits per heavy atom. The molecule has 0 radical (unpaired) electrons. The maximum absolute atomic E-state index is 12.6. The molecule has 0 aliphatic carbocycles. The first-order chi connectivity index (χ1) is 13.2. The Labute approximate surface area is 177 Å². The first kappa shape index (κ1) is 20.9. The molecule has 0 N–H and O–H groups in total. The number of aryl methyl sites for hydroxylation is 1. The number of pyridine rings is 1. The lowest BCUT2D eigenvalue weighted by molar-refractivity contribution is -0.131. The van der Waals surface area contributed by atoms with E-state index in [1.807, 2.05) is 4.90 Å². The van der Waals surface area contributed by atoms with Crippen LogP contribution in [-0.4, -0.2) is 42.0 Å². The molecule has 1 aliphatic heterocycles. The van der Waals surface area contributed by atoms with Gasteiger partial charge >= 0.3 is 0 Å². The molecule has 2 aromatic rings. The number of nitrogens with zero attached hydrogens (tertiary/aromatic N) is 3. The van der Waals surface area contributed by atoms with E-state index in [1.54, 1.807) is 12.3 Å². The number of amides is 1. The van der Waals surface area contributed by atoms with Gasteiger partial charge in [-0.3, -0.25) is 4.79 Å². The largest absolute Gasteiger partial charge is 0.352 e. The van der Waals surface area contributed by atoms with Gasteiger partial charge in [0, 0.05) is 38.8 Å². The number of anilines is 1. The van der Waals surface area contributed by atoms with Crippen LogP contribution < -0.4 is 4.90 Å². The summed E-state index contributed by atoms with van der Waals surface area (Å²) in [7, 11) is 0. The van der Waals surface area contributed by atoms with Crippen molar-refractivity contribution >= 4 is 34.9 Å². The molecule has 1 aromatic heterocycles. The maximum atomic E-state index is 12.6. The van der Waals surface area contributed by atoms with Crippen molar-refractivity contribution in [3.63, 3.8) is 0 Å². The van der Waals surface area contributed by atoms with Crippen LogP contribution in [0.5, 0.6) is 0 Å². The highest BCUT2D eigenvalue weighted by Gasteiger charge is 2.23. The van der Waals surface area contributed by atoms with Gasteiger partial charge in [0.25, 0.3) is 0 Å². The predicted molar refractivity (Wildman–Crippen MR) is 117 cm³/mol. The SMILES string of the molecule is CC(C)(C)c1ccc(CCC(=O)N2CCN(c3ncc(Cl)cc3Cl)CC2)cc1. The molecular weight excluding hydrogens is 393 g/mol. The lowest BCUT2D eigenvalue weighted by atomic mass is 9.86. The number of piperazine rings is 1. The van der Waals surface area contributed by atoms with Gasteiger partial charge in [0.2, 0.25) is 5.91 Å². The summed E-state index contributed by atoms with van der Waals surface area (Å²) in [6, 6.07) is 10.3. The molecule has 6 heteroatoms. The zero-order chi connectivity index (χ0) is 20.3. The van der Waals surface area contributed by atoms with Crippen LogP contribution >= 0.6 is 23.2 Å². The zero-order valence-electron chi connectivity index (χ0n) is 16.7. The van der Waals surface area contributed by atoms with E-state index in [4.69, 9.17) is 23.2 Å². The summed E-state index contributed by atoms with van der Waals surface area (Å²) in [5.74, 6) is 0.937. The van der Waals surface area contributed by atoms with Gasteiger partial charge in [0.15, 0.2) is 0 Å². The van der Waals surface area contributed by atoms with Crippen LogP contribution in [0.15, 0.2) is 36.5 Å². The van der Waals surface area contributed by atoms with Crippen molar-refractivity contribution in [3.8, 4) is 0 Å². The minimum Gasteiger partial charge on any atom is -0.352 e. The smallest absolute Gasteiger partial charge is 0.223 e. The molecule has 3 rings (SSSR count). The Bertz CT molecular complexity index is 823. The van der Waals surface area contributed by atoms with Gasteiger partial charge in [-0.25, -0.2) is 4.98 Å². The second-order valence-electron chi connectivity index (χ2n) is 8.27. The number of benzene rings is 1. The Morgan fingerprint density at radius 2 is 1.71 bits per heavy atom. The van der Waals surface area contributed by atoms with Crippen LogP contribution in [0.25, 0.3) is 0 Å². The highest BCUT2D eigenvalue weighted by atomic mass is 35.5. The number of aromatic nitrogens is 1. The van der Waals surface area contributed by atoms with Gasteiger partial charge in [-0.15, -0.1) is 0 Å². The summed E-state index contributed by atoms with van der Waals surface area (Å²) in [6.45, 7) is 9.43. The van der Waals surface area contributed by atoms with Crippen molar-refractivity contribution < 1.29 is 4.79 Å². The first-order valence-corrected chi connectivity index (χ1v) is 10.4. The van der Waals surface area contributed by atoms with Crippen molar-refractivity contribution in [2.75, 3.05) is 31.1 Å². The maximum Gasteiger partial charge on any atom is 0.223 e. The van der Waals surface area contributed by atoms with Gasteiger partial charge < -0.3 is 9.80 Å². The molecule has 1 aliphatic rings. The average Bonchev–Trinajstić information content (AvgIpc) is 2.66. The van der Waals surface area contributed by atoms with E-state index >= 15 is 0 Å². The Kier molecular flexibility index (Phi) is 6.51. The molecule has 28 heavy (non-hydrogen) atoms. The fraction of sp³-hybridized carbons (Fsp3) is 0.455. The molecule has 0 unspecified atom stereocenters. The summed E-state index contributed by atoms with van der Waals surface area (Å²) in [5, 5.41) is 1.07. The molecule has 150 valence electrons. The predicted octanol–water partition coefficient (Wildman–Crippen LogP) is 4.97. The molecule has 0 bridgehead atoms. The van der Waals surface area contributed by atoms with Gasteiger partial charge in [-0.2, -0.15) is 0 Å². The van der Waals surface area contributed by atoms with Crippen molar-refractivity contribution in [2.45, 2.75) is 39.0 Å². The number of rotatable bonds is 4. The number of hydrogen-bond acceptors (Lipinski definition) is 3. The van der Waals surface area contributed by atoms with Crippen LogP contribution in [0.3, 0.4) is 0 Å². The first-order valence-electron chi connectivity index (χ1n) is 9.67. The standard InChI is InChI=1S/C22H27Cl2N3O/c1-22(2,3)17-7-4-16(5-8-17)6-9-20(28)26-10-12-27(13-11-26)21-19(24)14-18(23)15-25-21/h4-5,7-8,14-15H,6,9-13H2,1-3H3. The Balaban J connectivity index is 1.50. The highest BCUT2D eigenvalue weighted by Crippen LogP contribution is 2.27. The van der Waals surface area contributed by atoms with Gasteiger partial charge in [0.05, 0.1) is 10.0 Å². The van der Waals surface area contributed by atoms with Crippen LogP contribution in [-0.2, 0) is 16.6 Å². The zero-order valence-corrected chi connectivity index (χ0v) is 18.2. The van der Waals surface area contributed by atoms with Crippen LogP contribution in [0.2, 0.25) is 10.0 Å². The summed E-state index contributed by atoms with van der Waals surface area (Å²) in [5.41, 5.74) is 2.67. The van der Waals surface area contributed by atoms with Crippen LogP contribution in [0, 0.1) is 0 Å². The van der Waals surface area contributed by atoms with Gasteiger partial charge in [-0.05, 0) is 29.0 Å². The summed E-state index contributed by atoms with van der Waals surface area (Å²) < 4.78 is 0. The number of hydrogen-bond donors (Lipinski definition) is 0. The Hall–Kier alpha value is -1.78.